The summed E-state index contributed by atoms with van der Waals surface area (Å²) in [6, 6.07) is 12.2. The molecule has 0 saturated carbocycles. The largest absolute Gasteiger partial charge is 0.507 e. The normalized spacial score (nSPS) is 11.5. The van der Waals surface area contributed by atoms with Crippen molar-refractivity contribution in [2.24, 2.45) is 5.10 Å². The summed E-state index contributed by atoms with van der Waals surface area (Å²) in [4.78, 5) is 12.2. The molecule has 2 aromatic rings. The van der Waals surface area contributed by atoms with E-state index in [1.807, 2.05) is 39.3 Å². The molecule has 0 aliphatic heterocycles. The molecule has 0 aromatic heterocycles. The molecule has 0 radical (unpaired) electrons. The maximum atomic E-state index is 12.2. The first-order valence-electron chi connectivity index (χ1n) is 7.44. The van der Waals surface area contributed by atoms with E-state index in [0.29, 0.717) is 21.4 Å². The van der Waals surface area contributed by atoms with Gasteiger partial charge >= 0.3 is 0 Å². The van der Waals surface area contributed by atoms with Crippen LogP contribution in [0.15, 0.2) is 47.6 Å². The van der Waals surface area contributed by atoms with Crippen molar-refractivity contribution in [1.29, 1.82) is 0 Å². The van der Waals surface area contributed by atoms with Gasteiger partial charge in [-0.1, -0.05) is 6.07 Å². The molecule has 24 heavy (non-hydrogen) atoms. The van der Waals surface area contributed by atoms with Gasteiger partial charge in [0, 0.05) is 23.3 Å². The predicted octanol–water partition coefficient (Wildman–Crippen LogP) is 2.36. The van der Waals surface area contributed by atoms with Gasteiger partial charge in [0.15, 0.2) is 0 Å². The lowest BCUT2D eigenvalue weighted by Crippen LogP contribution is -2.35. The Hall–Kier alpha value is -2.86. The molecule has 0 spiro atoms. The highest BCUT2D eigenvalue weighted by Gasteiger charge is 2.14. The minimum Gasteiger partial charge on any atom is -0.507 e. The second-order valence-electron chi connectivity index (χ2n) is 6.19. The lowest BCUT2D eigenvalue weighted by atomic mass is 10.1. The molecular weight excluding hydrogens is 306 g/mol. The summed E-state index contributed by atoms with van der Waals surface area (Å²) in [7, 11) is 7.61. The number of phenols is 1. The zero-order chi connectivity index (χ0) is 17.7. The number of nitrogens with zero attached hydrogens (tertiary/aromatic N) is 2. The third-order valence-corrected chi connectivity index (χ3v) is 3.49. The van der Waals surface area contributed by atoms with Gasteiger partial charge in [0.25, 0.3) is 5.91 Å². The number of ether oxygens (including phenoxy) is 1. The maximum absolute atomic E-state index is 12.2. The van der Waals surface area contributed by atoms with Crippen LogP contribution in [0.5, 0.6) is 11.5 Å². The molecule has 0 atom stereocenters. The summed E-state index contributed by atoms with van der Waals surface area (Å²) < 4.78 is 5.63. The Morgan fingerprint density at radius 1 is 1.21 bits per heavy atom. The van der Waals surface area contributed by atoms with Crippen molar-refractivity contribution in [2.75, 3.05) is 28.3 Å². The number of carbonyl (C=O) groups is 1. The molecule has 0 bridgehead atoms. The van der Waals surface area contributed by atoms with Crippen LogP contribution in [0.25, 0.3) is 0 Å². The van der Waals surface area contributed by atoms with Gasteiger partial charge in [-0.15, -0.1) is 0 Å². The van der Waals surface area contributed by atoms with E-state index in [9.17, 15) is 9.90 Å². The van der Waals surface area contributed by atoms with Crippen LogP contribution in [0.3, 0.4) is 0 Å². The van der Waals surface area contributed by atoms with Gasteiger partial charge in [-0.2, -0.15) is 5.10 Å². The number of hydrogen-bond acceptors (Lipinski definition) is 4. The summed E-state index contributed by atoms with van der Waals surface area (Å²) in [5.74, 6) is 0.264. The van der Waals surface area contributed by atoms with Gasteiger partial charge in [-0.05, 0) is 24.3 Å². The molecule has 2 aromatic carbocycles. The standard InChI is InChI=1S/C18H21N3O3/c1-21(2,3)15-7-5-6-13(10-15)18(23)20-19-12-14-8-9-16(24-4)11-17(14)22/h5-12H,1-4H3,(H-,19,20,22,23)/p+1. The lowest BCUT2D eigenvalue weighted by molar-refractivity contribution is 0.0955. The number of aromatic hydroxyl groups is 1. The van der Waals surface area contributed by atoms with Crippen molar-refractivity contribution in [3.63, 3.8) is 0 Å². The number of amides is 1. The number of rotatable bonds is 5. The Labute approximate surface area is 141 Å². The SMILES string of the molecule is COc1ccc(/C=N/NC(=O)c2cccc([N+](C)(C)C)c2)c(O)c1. The van der Waals surface area contributed by atoms with E-state index in [0.717, 1.165) is 5.69 Å². The second-order valence-corrected chi connectivity index (χ2v) is 6.19. The first-order chi connectivity index (χ1) is 11.3. The molecule has 0 aliphatic rings. The van der Waals surface area contributed by atoms with Gasteiger partial charge in [0.1, 0.15) is 17.2 Å². The monoisotopic (exact) mass is 328 g/mol. The molecule has 0 heterocycles. The van der Waals surface area contributed by atoms with Crippen LogP contribution in [-0.2, 0) is 0 Å². The Morgan fingerprint density at radius 2 is 1.96 bits per heavy atom. The molecule has 0 unspecified atom stereocenters. The molecule has 0 fully saturated rings. The van der Waals surface area contributed by atoms with Crippen molar-refractivity contribution in [1.82, 2.24) is 9.91 Å². The topological polar surface area (TPSA) is 70.9 Å². The van der Waals surface area contributed by atoms with E-state index in [1.165, 1.54) is 19.4 Å². The van der Waals surface area contributed by atoms with Gasteiger partial charge in [-0.3, -0.25) is 9.28 Å². The van der Waals surface area contributed by atoms with Crippen molar-refractivity contribution in [2.45, 2.75) is 0 Å². The molecule has 2 rings (SSSR count). The zero-order valence-corrected chi connectivity index (χ0v) is 14.3. The Bertz CT molecular complexity index is 764. The Balaban J connectivity index is 2.08. The van der Waals surface area contributed by atoms with Crippen LogP contribution in [0.4, 0.5) is 5.69 Å². The maximum Gasteiger partial charge on any atom is 0.271 e. The smallest absolute Gasteiger partial charge is 0.271 e. The summed E-state index contributed by atoms with van der Waals surface area (Å²) >= 11 is 0. The van der Waals surface area contributed by atoms with Crippen LogP contribution in [-0.4, -0.2) is 45.5 Å². The molecule has 6 nitrogen and oxygen atoms in total. The Kier molecular flexibility index (Phi) is 5.21. The molecule has 0 saturated heterocycles. The quantitative estimate of drug-likeness (QED) is 0.503. The van der Waals surface area contributed by atoms with Gasteiger partial charge in [-0.25, -0.2) is 5.43 Å². The van der Waals surface area contributed by atoms with E-state index in [-0.39, 0.29) is 11.7 Å². The fourth-order valence-corrected chi connectivity index (χ4v) is 2.05. The van der Waals surface area contributed by atoms with Gasteiger partial charge < -0.3 is 9.84 Å². The van der Waals surface area contributed by atoms with Crippen molar-refractivity contribution in [3.8, 4) is 11.5 Å². The van der Waals surface area contributed by atoms with Crippen molar-refractivity contribution < 1.29 is 14.6 Å². The first-order valence-corrected chi connectivity index (χ1v) is 7.44. The van der Waals surface area contributed by atoms with Crippen molar-refractivity contribution >= 4 is 17.8 Å². The number of phenolic OH excluding ortho intramolecular Hbond substituents is 1. The number of hydrogen-bond donors (Lipinski definition) is 2. The highest BCUT2D eigenvalue weighted by atomic mass is 16.5. The average molecular weight is 328 g/mol. The zero-order valence-electron chi connectivity index (χ0n) is 14.3. The average Bonchev–Trinajstić information content (AvgIpc) is 2.55. The van der Waals surface area contributed by atoms with E-state index in [1.54, 1.807) is 18.2 Å². The molecular formula is C18H22N3O3+. The minimum absolute atomic E-state index is 0.0272. The Morgan fingerprint density at radius 3 is 2.58 bits per heavy atom. The van der Waals surface area contributed by atoms with Crippen LogP contribution in [0.2, 0.25) is 0 Å². The number of carbonyl (C=O) groups excluding carboxylic acids is 1. The van der Waals surface area contributed by atoms with E-state index in [4.69, 9.17) is 4.74 Å². The van der Waals surface area contributed by atoms with Crippen molar-refractivity contribution in [3.05, 3.63) is 53.6 Å². The highest BCUT2D eigenvalue weighted by Crippen LogP contribution is 2.22. The third kappa shape index (κ3) is 4.33. The van der Waals surface area contributed by atoms with Crippen LogP contribution >= 0.6 is 0 Å². The predicted molar refractivity (Wildman–Crippen MR) is 95.7 cm³/mol. The molecule has 6 heteroatoms. The molecule has 0 aliphatic carbocycles. The summed E-state index contributed by atoms with van der Waals surface area (Å²) in [6.07, 6.45) is 1.39. The fraction of sp³-hybridized carbons (Fsp3) is 0.222. The summed E-state index contributed by atoms with van der Waals surface area (Å²) in [5.41, 5.74) is 4.48. The number of quaternary nitrogens is 1. The van der Waals surface area contributed by atoms with Crippen LogP contribution < -0.4 is 14.6 Å². The molecule has 2 N–H and O–H groups in total. The van der Waals surface area contributed by atoms with Crippen LogP contribution in [0.1, 0.15) is 15.9 Å². The van der Waals surface area contributed by atoms with Gasteiger partial charge in [0.05, 0.1) is 34.5 Å². The summed E-state index contributed by atoms with van der Waals surface area (Å²) in [5, 5.41) is 13.7. The minimum atomic E-state index is -0.311. The number of hydrazone groups is 1. The fourth-order valence-electron chi connectivity index (χ4n) is 2.05. The lowest BCUT2D eigenvalue weighted by Gasteiger charge is -2.23. The van der Waals surface area contributed by atoms with Crippen LogP contribution in [0, 0.1) is 0 Å². The molecule has 1 amide bonds. The second kappa shape index (κ2) is 7.14. The van der Waals surface area contributed by atoms with E-state index >= 15 is 0 Å². The van der Waals surface area contributed by atoms with E-state index in [2.05, 4.69) is 10.5 Å². The number of methoxy groups -OCH3 is 1. The van der Waals surface area contributed by atoms with Gasteiger partial charge in [0.2, 0.25) is 0 Å². The number of benzene rings is 2. The molecule has 126 valence electrons. The highest BCUT2D eigenvalue weighted by molar-refractivity contribution is 5.95. The first kappa shape index (κ1) is 17.5. The van der Waals surface area contributed by atoms with E-state index < -0.39 is 0 Å². The number of nitrogens with one attached hydrogen (secondary N) is 1. The third-order valence-electron chi connectivity index (χ3n) is 3.49. The summed E-state index contributed by atoms with van der Waals surface area (Å²) in [6.45, 7) is 0.